The minimum absolute atomic E-state index is 0.0680. The number of hydrogen-bond donors (Lipinski definition) is 2. The van der Waals surface area contributed by atoms with Gasteiger partial charge in [-0.05, 0) is 31.2 Å². The first-order valence-corrected chi connectivity index (χ1v) is 8.76. The number of thiazole rings is 1. The molecule has 1 atom stereocenters. The van der Waals surface area contributed by atoms with E-state index in [9.17, 15) is 9.18 Å². The van der Waals surface area contributed by atoms with Crippen LogP contribution in [0.5, 0.6) is 0 Å². The van der Waals surface area contributed by atoms with Crippen LogP contribution in [0.4, 0.5) is 10.2 Å². The SMILES string of the molecule is CC(Cc1ncccc1F)Nc1ccc(-c2ncc(CC(N)=O)s2)nn1. The van der Waals surface area contributed by atoms with Crippen LogP contribution in [0.2, 0.25) is 0 Å². The minimum atomic E-state index is -0.399. The molecular weight excluding hydrogens is 355 g/mol. The van der Waals surface area contributed by atoms with Gasteiger partial charge in [-0.2, -0.15) is 0 Å². The summed E-state index contributed by atoms with van der Waals surface area (Å²) in [4.78, 5) is 20.0. The van der Waals surface area contributed by atoms with Crippen molar-refractivity contribution in [3.05, 3.63) is 53.0 Å². The van der Waals surface area contributed by atoms with Gasteiger partial charge in [-0.3, -0.25) is 9.78 Å². The van der Waals surface area contributed by atoms with Gasteiger partial charge in [0.2, 0.25) is 5.91 Å². The van der Waals surface area contributed by atoms with Crippen molar-refractivity contribution in [3.8, 4) is 10.7 Å². The number of nitrogens with zero attached hydrogens (tertiary/aromatic N) is 4. The Morgan fingerprint density at radius 1 is 1.31 bits per heavy atom. The van der Waals surface area contributed by atoms with Gasteiger partial charge in [0.05, 0.1) is 12.1 Å². The fourth-order valence-corrected chi connectivity index (χ4v) is 3.25. The van der Waals surface area contributed by atoms with Gasteiger partial charge in [0, 0.05) is 29.7 Å². The molecule has 0 aliphatic carbocycles. The van der Waals surface area contributed by atoms with Gasteiger partial charge < -0.3 is 11.1 Å². The number of primary amides is 1. The minimum Gasteiger partial charge on any atom is -0.369 e. The summed E-state index contributed by atoms with van der Waals surface area (Å²) < 4.78 is 13.7. The first-order chi connectivity index (χ1) is 12.5. The van der Waals surface area contributed by atoms with E-state index in [4.69, 9.17) is 5.73 Å². The lowest BCUT2D eigenvalue weighted by Gasteiger charge is -2.14. The summed E-state index contributed by atoms with van der Waals surface area (Å²) in [7, 11) is 0. The van der Waals surface area contributed by atoms with Gasteiger partial charge in [-0.15, -0.1) is 21.5 Å². The lowest BCUT2D eigenvalue weighted by molar-refractivity contribution is -0.117. The Hall–Kier alpha value is -2.94. The van der Waals surface area contributed by atoms with E-state index in [0.717, 1.165) is 4.88 Å². The molecule has 0 saturated carbocycles. The molecule has 3 rings (SSSR count). The Labute approximate surface area is 153 Å². The third kappa shape index (κ3) is 4.57. The fraction of sp³-hybridized carbons (Fsp3) is 0.235. The van der Waals surface area contributed by atoms with Gasteiger partial charge >= 0.3 is 0 Å². The van der Waals surface area contributed by atoms with Crippen LogP contribution in [0, 0.1) is 5.82 Å². The van der Waals surface area contributed by atoms with Crippen LogP contribution >= 0.6 is 11.3 Å². The monoisotopic (exact) mass is 372 g/mol. The average molecular weight is 372 g/mol. The van der Waals surface area contributed by atoms with Crippen LogP contribution in [0.1, 0.15) is 17.5 Å². The van der Waals surface area contributed by atoms with Crippen LogP contribution in [0.3, 0.4) is 0 Å². The van der Waals surface area contributed by atoms with Gasteiger partial charge in [0.25, 0.3) is 0 Å². The summed E-state index contributed by atoms with van der Waals surface area (Å²) in [5.74, 6) is -0.145. The first-order valence-electron chi connectivity index (χ1n) is 7.94. The molecule has 0 aliphatic rings. The van der Waals surface area contributed by atoms with Crippen molar-refractivity contribution in [1.82, 2.24) is 20.2 Å². The summed E-state index contributed by atoms with van der Waals surface area (Å²) in [6.45, 7) is 1.92. The maximum absolute atomic E-state index is 13.7. The quantitative estimate of drug-likeness (QED) is 0.658. The molecule has 0 aromatic carbocycles. The number of carbonyl (C=O) groups is 1. The number of nitrogens with one attached hydrogen (secondary N) is 1. The second kappa shape index (κ2) is 7.96. The third-order valence-corrected chi connectivity index (χ3v) is 4.53. The molecule has 0 saturated heterocycles. The topological polar surface area (TPSA) is 107 Å². The van der Waals surface area contributed by atoms with Crippen molar-refractivity contribution in [3.63, 3.8) is 0 Å². The molecule has 3 heterocycles. The smallest absolute Gasteiger partial charge is 0.222 e. The summed E-state index contributed by atoms with van der Waals surface area (Å²) >= 11 is 1.35. The van der Waals surface area contributed by atoms with Gasteiger partial charge in [0.15, 0.2) is 0 Å². The molecule has 7 nitrogen and oxygen atoms in total. The number of nitrogens with two attached hydrogens (primary N) is 1. The molecule has 134 valence electrons. The maximum Gasteiger partial charge on any atom is 0.222 e. The molecule has 0 fully saturated rings. The molecular formula is C17H17FN6OS. The third-order valence-electron chi connectivity index (χ3n) is 3.51. The Balaban J connectivity index is 1.63. The van der Waals surface area contributed by atoms with Gasteiger partial charge in [0.1, 0.15) is 22.3 Å². The molecule has 1 unspecified atom stereocenters. The second-order valence-corrected chi connectivity index (χ2v) is 6.88. The normalized spacial score (nSPS) is 11.9. The number of rotatable bonds is 7. The lowest BCUT2D eigenvalue weighted by Crippen LogP contribution is -2.20. The van der Waals surface area contributed by atoms with Crippen molar-refractivity contribution < 1.29 is 9.18 Å². The molecule has 0 spiro atoms. The van der Waals surface area contributed by atoms with Crippen LogP contribution in [-0.2, 0) is 17.6 Å². The summed E-state index contributed by atoms with van der Waals surface area (Å²) in [5.41, 5.74) is 6.19. The molecule has 0 bridgehead atoms. The zero-order chi connectivity index (χ0) is 18.5. The van der Waals surface area contributed by atoms with E-state index < -0.39 is 5.91 Å². The van der Waals surface area contributed by atoms with E-state index in [1.165, 1.54) is 17.4 Å². The van der Waals surface area contributed by atoms with Crippen LogP contribution < -0.4 is 11.1 Å². The number of halogens is 1. The van der Waals surface area contributed by atoms with E-state index >= 15 is 0 Å². The molecule has 3 N–H and O–H groups in total. The largest absolute Gasteiger partial charge is 0.369 e. The van der Waals surface area contributed by atoms with Gasteiger partial charge in [-0.1, -0.05) is 0 Å². The molecule has 9 heteroatoms. The van der Waals surface area contributed by atoms with Crippen LogP contribution in [0.25, 0.3) is 10.7 Å². The van der Waals surface area contributed by atoms with Crippen molar-refractivity contribution in [1.29, 1.82) is 0 Å². The number of aromatic nitrogens is 4. The van der Waals surface area contributed by atoms with E-state index in [-0.39, 0.29) is 18.3 Å². The summed E-state index contributed by atoms with van der Waals surface area (Å²) in [5, 5.41) is 12.1. The lowest BCUT2D eigenvalue weighted by atomic mass is 10.1. The average Bonchev–Trinajstić information content (AvgIpc) is 3.05. The predicted octanol–water partition coefficient (Wildman–Crippen LogP) is 2.21. The Morgan fingerprint density at radius 3 is 2.85 bits per heavy atom. The van der Waals surface area contributed by atoms with E-state index in [1.807, 2.05) is 6.92 Å². The second-order valence-electron chi connectivity index (χ2n) is 5.76. The number of pyridine rings is 1. The Kier molecular flexibility index (Phi) is 5.47. The van der Waals surface area contributed by atoms with Crippen LogP contribution in [0.15, 0.2) is 36.7 Å². The van der Waals surface area contributed by atoms with E-state index in [2.05, 4.69) is 25.5 Å². The highest BCUT2D eigenvalue weighted by Gasteiger charge is 2.11. The van der Waals surface area contributed by atoms with E-state index in [1.54, 1.807) is 30.6 Å². The Morgan fingerprint density at radius 2 is 2.15 bits per heavy atom. The number of anilines is 1. The zero-order valence-corrected chi connectivity index (χ0v) is 14.8. The highest BCUT2D eigenvalue weighted by Crippen LogP contribution is 2.24. The molecule has 0 radical (unpaired) electrons. The van der Waals surface area contributed by atoms with Crippen molar-refractivity contribution in [2.24, 2.45) is 5.73 Å². The number of hydrogen-bond acceptors (Lipinski definition) is 7. The molecule has 3 aromatic heterocycles. The van der Waals surface area contributed by atoms with Crippen molar-refractivity contribution in [2.75, 3.05) is 5.32 Å². The van der Waals surface area contributed by atoms with E-state index in [0.29, 0.717) is 28.6 Å². The van der Waals surface area contributed by atoms with Crippen LogP contribution in [-0.4, -0.2) is 32.1 Å². The highest BCUT2D eigenvalue weighted by molar-refractivity contribution is 7.15. The maximum atomic E-state index is 13.7. The Bertz CT molecular complexity index is 898. The number of carbonyl (C=O) groups excluding carboxylic acids is 1. The predicted molar refractivity (Wildman–Crippen MR) is 97.0 cm³/mol. The molecule has 3 aromatic rings. The summed E-state index contributed by atoms with van der Waals surface area (Å²) in [6, 6.07) is 6.46. The fourth-order valence-electron chi connectivity index (χ4n) is 2.36. The molecule has 1 amide bonds. The molecule has 26 heavy (non-hydrogen) atoms. The first kappa shape index (κ1) is 17.9. The highest BCUT2D eigenvalue weighted by atomic mass is 32.1. The molecule has 0 aliphatic heterocycles. The summed E-state index contributed by atoms with van der Waals surface area (Å²) in [6.07, 6.45) is 3.77. The zero-order valence-electron chi connectivity index (χ0n) is 14.0. The van der Waals surface area contributed by atoms with Crippen molar-refractivity contribution >= 4 is 23.1 Å². The number of amides is 1. The standard InChI is InChI=1S/C17H17FN6OS/c1-10(7-14-12(18)3-2-6-20-14)22-16-5-4-13(23-24-16)17-21-9-11(26-17)8-15(19)25/h2-6,9-10H,7-8H2,1H3,(H2,19,25)(H,22,24). The van der Waals surface area contributed by atoms with Gasteiger partial charge in [-0.25, -0.2) is 9.37 Å². The van der Waals surface area contributed by atoms with Crippen molar-refractivity contribution in [2.45, 2.75) is 25.8 Å².